The van der Waals surface area contributed by atoms with Crippen molar-refractivity contribution < 1.29 is 14.4 Å². The first-order valence-electron chi connectivity index (χ1n) is 11.4. The van der Waals surface area contributed by atoms with Gasteiger partial charge in [0.15, 0.2) is 6.29 Å². The Labute approximate surface area is 204 Å². The maximum absolute atomic E-state index is 13.1. The van der Waals surface area contributed by atoms with Crippen LogP contribution in [0.1, 0.15) is 40.5 Å². The summed E-state index contributed by atoms with van der Waals surface area (Å²) < 4.78 is 0. The summed E-state index contributed by atoms with van der Waals surface area (Å²) in [5.74, 6) is 0.644. The van der Waals surface area contributed by atoms with Crippen LogP contribution in [0.5, 0.6) is 0 Å². The summed E-state index contributed by atoms with van der Waals surface area (Å²) in [6, 6.07) is 5.10. The molecule has 0 aromatic carbocycles. The van der Waals surface area contributed by atoms with E-state index in [9.17, 15) is 19.6 Å². The van der Waals surface area contributed by atoms with Gasteiger partial charge in [0.1, 0.15) is 23.4 Å². The van der Waals surface area contributed by atoms with Crippen molar-refractivity contribution in [3.05, 3.63) is 40.7 Å². The van der Waals surface area contributed by atoms with Gasteiger partial charge >= 0.3 is 6.03 Å². The Balaban J connectivity index is 1.84. The van der Waals surface area contributed by atoms with Gasteiger partial charge in [-0.05, 0) is 45.5 Å². The first kappa shape index (κ1) is 25.6. The predicted octanol–water partition coefficient (Wildman–Crippen LogP) is 2.10. The molecule has 2 aromatic rings. The molecule has 0 radical (unpaired) electrons. The lowest BCUT2D eigenvalue weighted by atomic mass is 10.0. The number of aldehydes is 1. The van der Waals surface area contributed by atoms with Gasteiger partial charge in [-0.15, -0.1) is 0 Å². The molecule has 2 aromatic heterocycles. The van der Waals surface area contributed by atoms with Crippen LogP contribution in [0.2, 0.25) is 0 Å². The summed E-state index contributed by atoms with van der Waals surface area (Å²) in [5.41, 5.74) is 2.63. The predicted molar refractivity (Wildman–Crippen MR) is 132 cm³/mol. The number of nitrogens with zero attached hydrogens (tertiary/aromatic N) is 6. The number of carbonyl (C=O) groups is 3. The number of urea groups is 1. The minimum atomic E-state index is -0.430. The fourth-order valence-corrected chi connectivity index (χ4v) is 3.85. The molecule has 0 saturated carbocycles. The quantitative estimate of drug-likeness (QED) is 0.551. The molecule has 3 heterocycles. The molecule has 11 nitrogen and oxygen atoms in total. The third-order valence-electron chi connectivity index (χ3n) is 5.54. The Hall–Kier alpha value is -4.04. The molecule has 1 aliphatic rings. The maximum Gasteiger partial charge on any atom is 0.328 e. The van der Waals surface area contributed by atoms with Crippen molar-refractivity contribution >= 4 is 35.5 Å². The van der Waals surface area contributed by atoms with Crippen molar-refractivity contribution in [2.45, 2.75) is 26.3 Å². The number of fused-ring (bicyclic) bond motifs is 1. The van der Waals surface area contributed by atoms with Gasteiger partial charge in [0.2, 0.25) is 5.91 Å². The van der Waals surface area contributed by atoms with Crippen molar-refractivity contribution in [2.24, 2.45) is 0 Å². The van der Waals surface area contributed by atoms with Crippen LogP contribution in [0.4, 0.5) is 22.1 Å². The van der Waals surface area contributed by atoms with E-state index in [2.05, 4.69) is 26.7 Å². The second-order valence-corrected chi connectivity index (χ2v) is 8.56. The average Bonchev–Trinajstić information content (AvgIpc) is 2.83. The number of amides is 3. The van der Waals surface area contributed by atoms with Crippen molar-refractivity contribution in [2.75, 3.05) is 56.3 Å². The summed E-state index contributed by atoms with van der Waals surface area (Å²) in [7, 11) is 5.32. The van der Waals surface area contributed by atoms with E-state index in [4.69, 9.17) is 0 Å². The first-order chi connectivity index (χ1) is 16.8. The Kier molecular flexibility index (Phi) is 8.33. The lowest BCUT2D eigenvalue weighted by Crippen LogP contribution is -2.40. The normalized spacial score (nSPS) is 12.5. The highest BCUT2D eigenvalue weighted by Crippen LogP contribution is 2.28. The van der Waals surface area contributed by atoms with Crippen molar-refractivity contribution in [3.63, 3.8) is 0 Å². The zero-order valence-corrected chi connectivity index (χ0v) is 20.5. The van der Waals surface area contributed by atoms with Gasteiger partial charge in [-0.1, -0.05) is 0 Å². The van der Waals surface area contributed by atoms with Crippen LogP contribution in [0.15, 0.2) is 18.3 Å². The minimum Gasteiger partial charge on any atom is -0.384 e. The third kappa shape index (κ3) is 6.10. The molecule has 11 heteroatoms. The van der Waals surface area contributed by atoms with Gasteiger partial charge in [-0.25, -0.2) is 14.8 Å². The van der Waals surface area contributed by atoms with E-state index in [1.54, 1.807) is 22.9 Å². The smallest absolute Gasteiger partial charge is 0.328 e. The van der Waals surface area contributed by atoms with E-state index in [1.807, 2.05) is 27.1 Å². The first-order valence-corrected chi connectivity index (χ1v) is 11.4. The van der Waals surface area contributed by atoms with E-state index in [1.165, 1.54) is 11.1 Å². The largest absolute Gasteiger partial charge is 0.384 e. The number of anilines is 3. The van der Waals surface area contributed by atoms with Gasteiger partial charge < -0.3 is 15.1 Å². The zero-order chi connectivity index (χ0) is 25.5. The fourth-order valence-electron chi connectivity index (χ4n) is 3.85. The number of nitrogens with one attached hydrogen (secondary N) is 2. The van der Waals surface area contributed by atoms with Gasteiger partial charge in [-0.2, -0.15) is 5.26 Å². The summed E-state index contributed by atoms with van der Waals surface area (Å²) in [5, 5.41) is 15.1. The number of likely N-dealkylation sites (N-methyl/N-ethyl adjacent to an activating group) is 2. The Morgan fingerprint density at radius 1 is 1.29 bits per heavy atom. The molecule has 0 saturated heterocycles. The Morgan fingerprint density at radius 2 is 2.06 bits per heavy atom. The SMILES string of the molecule is CCNc1cc(NC(=O)N2CCCc3cc(CN(C)C(=O)CN(C)C)c(C=O)nc32)ncc1C#N. The van der Waals surface area contributed by atoms with Crippen LogP contribution in [-0.2, 0) is 17.8 Å². The average molecular weight is 479 g/mol. The second-order valence-electron chi connectivity index (χ2n) is 8.56. The fraction of sp³-hybridized carbons (Fsp3) is 0.417. The summed E-state index contributed by atoms with van der Waals surface area (Å²) in [4.78, 5) is 50.8. The van der Waals surface area contributed by atoms with Crippen LogP contribution in [0.3, 0.4) is 0 Å². The van der Waals surface area contributed by atoms with Crippen molar-refractivity contribution in [3.8, 4) is 6.07 Å². The number of aryl methyl sites for hydroxylation is 1. The lowest BCUT2D eigenvalue weighted by molar-refractivity contribution is -0.131. The highest BCUT2D eigenvalue weighted by Gasteiger charge is 2.27. The van der Waals surface area contributed by atoms with Crippen LogP contribution >= 0.6 is 0 Å². The molecule has 0 fully saturated rings. The number of rotatable bonds is 8. The van der Waals surface area contributed by atoms with Crippen LogP contribution in [-0.4, -0.2) is 78.8 Å². The maximum atomic E-state index is 13.1. The van der Waals surface area contributed by atoms with E-state index in [0.717, 1.165) is 12.0 Å². The van der Waals surface area contributed by atoms with Gasteiger partial charge in [0.05, 0.1) is 17.8 Å². The number of aromatic nitrogens is 2. The van der Waals surface area contributed by atoms with Gasteiger partial charge in [-0.3, -0.25) is 19.8 Å². The van der Waals surface area contributed by atoms with Crippen molar-refractivity contribution in [1.82, 2.24) is 19.8 Å². The number of hydrogen-bond donors (Lipinski definition) is 2. The monoisotopic (exact) mass is 478 g/mol. The molecular formula is C24H30N8O3. The van der Waals surface area contributed by atoms with Gasteiger partial charge in [0, 0.05) is 44.5 Å². The highest BCUT2D eigenvalue weighted by molar-refractivity contribution is 6.01. The number of hydrogen-bond acceptors (Lipinski definition) is 8. The lowest BCUT2D eigenvalue weighted by Gasteiger charge is -2.29. The zero-order valence-electron chi connectivity index (χ0n) is 20.5. The summed E-state index contributed by atoms with van der Waals surface area (Å²) >= 11 is 0. The molecule has 0 unspecified atom stereocenters. The molecule has 184 valence electrons. The number of carbonyl (C=O) groups excluding carboxylic acids is 3. The molecule has 2 N–H and O–H groups in total. The molecule has 0 atom stereocenters. The Bertz CT molecular complexity index is 1160. The molecule has 35 heavy (non-hydrogen) atoms. The molecule has 0 aliphatic carbocycles. The van der Waals surface area contributed by atoms with E-state index in [-0.39, 0.29) is 24.7 Å². The summed E-state index contributed by atoms with van der Waals surface area (Å²) in [6.45, 7) is 3.46. The molecule has 0 bridgehead atoms. The van der Waals surface area contributed by atoms with Gasteiger partial charge in [0.25, 0.3) is 0 Å². The standard InChI is InChI=1S/C24H30N8O3/c1-5-26-19-10-21(27-12-18(19)11-25)29-24(35)32-8-6-7-16-9-17(20(15-33)28-23(16)32)13-31(4)22(34)14-30(2)3/h9-10,12,15H,5-8,13-14H2,1-4H3,(H2,26,27,29,35). The molecular weight excluding hydrogens is 448 g/mol. The topological polar surface area (TPSA) is 135 Å². The molecule has 3 amide bonds. The molecule has 3 rings (SSSR count). The van der Waals surface area contributed by atoms with E-state index in [0.29, 0.717) is 54.2 Å². The second kappa shape index (κ2) is 11.4. The Morgan fingerprint density at radius 3 is 2.71 bits per heavy atom. The van der Waals surface area contributed by atoms with Crippen LogP contribution in [0, 0.1) is 11.3 Å². The van der Waals surface area contributed by atoms with Crippen LogP contribution < -0.4 is 15.5 Å². The highest BCUT2D eigenvalue weighted by atomic mass is 16.2. The molecule has 0 spiro atoms. The molecule has 1 aliphatic heterocycles. The van der Waals surface area contributed by atoms with E-state index < -0.39 is 6.03 Å². The number of nitriles is 1. The van der Waals surface area contributed by atoms with Crippen molar-refractivity contribution in [1.29, 1.82) is 5.26 Å². The van der Waals surface area contributed by atoms with E-state index >= 15 is 0 Å². The third-order valence-corrected chi connectivity index (χ3v) is 5.54. The minimum absolute atomic E-state index is 0.0718. The summed E-state index contributed by atoms with van der Waals surface area (Å²) in [6.07, 6.45) is 3.48. The van der Waals surface area contributed by atoms with Crippen LogP contribution in [0.25, 0.3) is 0 Å². The number of pyridine rings is 2.